The number of carbonyl (C=O) groups is 2. The van der Waals surface area contributed by atoms with Crippen molar-refractivity contribution in [3.05, 3.63) is 35.9 Å². The van der Waals surface area contributed by atoms with Crippen LogP contribution in [0.1, 0.15) is 12.0 Å². The number of piperidine rings is 1. The fraction of sp³-hybridized carbons (Fsp3) is 0.429. The molecule has 1 fully saturated rings. The highest BCUT2D eigenvalue weighted by Gasteiger charge is 2.31. The number of ketones is 1. The summed E-state index contributed by atoms with van der Waals surface area (Å²) in [5, 5.41) is 3.03. The Bertz CT molecular complexity index is 405. The summed E-state index contributed by atoms with van der Waals surface area (Å²) >= 11 is 0. The van der Waals surface area contributed by atoms with Crippen LogP contribution in [0.5, 0.6) is 0 Å². The van der Waals surface area contributed by atoms with Gasteiger partial charge in [0.2, 0.25) is 0 Å². The number of ether oxygens (including phenoxy) is 1. The summed E-state index contributed by atoms with van der Waals surface area (Å²) in [5.74, 6) is -0.0549. The Morgan fingerprint density at radius 1 is 1.39 bits per heavy atom. The van der Waals surface area contributed by atoms with Crippen LogP contribution in [0, 0.1) is 5.92 Å². The smallest absolute Gasteiger partial charge is 0.293 e. The minimum atomic E-state index is -0.348. The molecule has 0 spiro atoms. The largest absolute Gasteiger partial charge is 0.463 e. The molecule has 2 rings (SSSR count). The zero-order chi connectivity index (χ0) is 12.8. The Kier molecular flexibility index (Phi) is 4.47. The molecule has 4 heteroatoms. The van der Waals surface area contributed by atoms with Gasteiger partial charge >= 0.3 is 0 Å². The molecule has 0 aliphatic carbocycles. The van der Waals surface area contributed by atoms with Crippen molar-refractivity contribution in [2.24, 2.45) is 5.92 Å². The minimum absolute atomic E-state index is 0.129. The van der Waals surface area contributed by atoms with E-state index < -0.39 is 0 Å². The van der Waals surface area contributed by atoms with Crippen molar-refractivity contribution >= 4 is 12.3 Å². The van der Waals surface area contributed by atoms with E-state index in [-0.39, 0.29) is 17.8 Å². The quantitative estimate of drug-likeness (QED) is 0.787. The van der Waals surface area contributed by atoms with Gasteiger partial charge in [0.15, 0.2) is 5.78 Å². The lowest BCUT2D eigenvalue weighted by Gasteiger charge is -2.28. The summed E-state index contributed by atoms with van der Waals surface area (Å²) in [6.07, 6.45) is 0.972. The van der Waals surface area contributed by atoms with Crippen molar-refractivity contribution in [1.29, 1.82) is 0 Å². The number of benzene rings is 1. The van der Waals surface area contributed by atoms with Crippen molar-refractivity contribution in [1.82, 2.24) is 5.32 Å². The molecular weight excluding hydrogens is 230 g/mol. The molecule has 0 aromatic heterocycles. The molecule has 1 aliphatic rings. The van der Waals surface area contributed by atoms with Gasteiger partial charge in [0.05, 0.1) is 12.5 Å². The second kappa shape index (κ2) is 6.31. The van der Waals surface area contributed by atoms with Gasteiger partial charge < -0.3 is 10.1 Å². The normalized spacial score (nSPS) is 21.3. The van der Waals surface area contributed by atoms with Crippen LogP contribution in [0.4, 0.5) is 0 Å². The van der Waals surface area contributed by atoms with Gasteiger partial charge in [-0.05, 0) is 18.5 Å². The zero-order valence-corrected chi connectivity index (χ0v) is 10.2. The van der Waals surface area contributed by atoms with Gasteiger partial charge in [0.25, 0.3) is 6.47 Å². The molecular formula is C14H17NO3. The first-order chi connectivity index (χ1) is 8.81. The third-order valence-electron chi connectivity index (χ3n) is 3.30. The van der Waals surface area contributed by atoms with Crippen LogP contribution in [0.2, 0.25) is 0 Å². The molecule has 2 unspecified atom stereocenters. The van der Waals surface area contributed by atoms with E-state index in [0.29, 0.717) is 19.4 Å². The van der Waals surface area contributed by atoms with Gasteiger partial charge in [-0.15, -0.1) is 0 Å². The van der Waals surface area contributed by atoms with Crippen molar-refractivity contribution in [3.8, 4) is 0 Å². The monoisotopic (exact) mass is 247 g/mol. The summed E-state index contributed by atoms with van der Waals surface area (Å²) in [6.45, 7) is 1.62. The molecule has 0 saturated carbocycles. The van der Waals surface area contributed by atoms with Gasteiger partial charge in [0.1, 0.15) is 6.10 Å². The molecule has 0 radical (unpaired) electrons. The molecule has 18 heavy (non-hydrogen) atoms. The number of nitrogens with one attached hydrogen (secondary N) is 1. The van der Waals surface area contributed by atoms with E-state index in [4.69, 9.17) is 4.74 Å². The number of hydrogen-bond donors (Lipinski definition) is 1. The lowest BCUT2D eigenvalue weighted by Crippen LogP contribution is -2.43. The van der Waals surface area contributed by atoms with Crippen molar-refractivity contribution in [2.75, 3.05) is 13.1 Å². The minimum Gasteiger partial charge on any atom is -0.463 e. The van der Waals surface area contributed by atoms with E-state index in [2.05, 4.69) is 5.32 Å². The summed E-state index contributed by atoms with van der Waals surface area (Å²) in [4.78, 5) is 22.4. The molecule has 1 aliphatic heterocycles. The van der Waals surface area contributed by atoms with E-state index >= 15 is 0 Å². The van der Waals surface area contributed by atoms with Gasteiger partial charge in [0, 0.05) is 6.42 Å². The van der Waals surface area contributed by atoms with Crippen molar-refractivity contribution in [3.63, 3.8) is 0 Å². The summed E-state index contributed by atoms with van der Waals surface area (Å²) in [5.41, 5.74) is 1.08. The Morgan fingerprint density at radius 2 is 2.17 bits per heavy atom. The number of rotatable bonds is 5. The summed E-state index contributed by atoms with van der Waals surface area (Å²) in [7, 11) is 0. The van der Waals surface area contributed by atoms with E-state index in [1.807, 2.05) is 30.3 Å². The molecule has 0 bridgehead atoms. The Hall–Kier alpha value is -1.68. The standard InChI is InChI=1S/C14H17NO3/c16-10-18-14(8-11-4-2-1-3-5-11)12-6-7-15-9-13(12)17/h1-5,10,12,14-15H,6-9H2. The third kappa shape index (κ3) is 3.17. The van der Waals surface area contributed by atoms with Crippen LogP contribution in [-0.4, -0.2) is 31.4 Å². The average Bonchev–Trinajstić information content (AvgIpc) is 2.40. The Labute approximate surface area is 106 Å². The van der Waals surface area contributed by atoms with E-state index in [1.54, 1.807) is 0 Å². The molecule has 2 atom stereocenters. The molecule has 1 aromatic rings. The maximum atomic E-state index is 11.8. The first-order valence-electron chi connectivity index (χ1n) is 6.17. The Balaban J connectivity index is 2.07. The van der Waals surface area contributed by atoms with E-state index in [9.17, 15) is 9.59 Å². The molecule has 1 heterocycles. The Morgan fingerprint density at radius 3 is 2.83 bits per heavy atom. The lowest BCUT2D eigenvalue weighted by molar-refractivity contribution is -0.141. The summed E-state index contributed by atoms with van der Waals surface area (Å²) < 4.78 is 5.13. The van der Waals surface area contributed by atoms with Gasteiger partial charge in [-0.1, -0.05) is 30.3 Å². The van der Waals surface area contributed by atoms with E-state index in [0.717, 1.165) is 18.5 Å². The van der Waals surface area contributed by atoms with Crippen molar-refractivity contribution in [2.45, 2.75) is 18.9 Å². The molecule has 4 nitrogen and oxygen atoms in total. The van der Waals surface area contributed by atoms with Crippen LogP contribution in [0.25, 0.3) is 0 Å². The van der Waals surface area contributed by atoms with Gasteiger partial charge in [-0.3, -0.25) is 9.59 Å². The highest BCUT2D eigenvalue weighted by atomic mass is 16.5. The summed E-state index contributed by atoms with van der Waals surface area (Å²) in [6, 6.07) is 9.78. The second-order valence-corrected chi connectivity index (χ2v) is 4.50. The molecule has 0 amide bonds. The predicted molar refractivity (Wildman–Crippen MR) is 67.1 cm³/mol. The SMILES string of the molecule is O=COC(Cc1ccccc1)C1CCNCC1=O. The molecule has 1 N–H and O–H groups in total. The predicted octanol–water partition coefficient (Wildman–Crippen LogP) is 0.949. The molecule has 1 aromatic carbocycles. The number of carbonyl (C=O) groups excluding carboxylic acids is 2. The van der Waals surface area contributed by atoms with Crippen LogP contribution in [0.15, 0.2) is 30.3 Å². The first kappa shape index (κ1) is 12.8. The van der Waals surface area contributed by atoms with Crippen LogP contribution in [0.3, 0.4) is 0 Å². The van der Waals surface area contributed by atoms with Crippen LogP contribution < -0.4 is 5.32 Å². The fourth-order valence-electron chi connectivity index (χ4n) is 2.36. The number of Topliss-reactive ketones (excluding diaryl/α,β-unsaturated/α-hetero) is 1. The lowest BCUT2D eigenvalue weighted by atomic mass is 9.87. The third-order valence-corrected chi connectivity index (χ3v) is 3.30. The zero-order valence-electron chi connectivity index (χ0n) is 10.2. The average molecular weight is 247 g/mol. The fourth-order valence-corrected chi connectivity index (χ4v) is 2.36. The number of hydrogen-bond acceptors (Lipinski definition) is 4. The topological polar surface area (TPSA) is 55.4 Å². The molecule has 1 saturated heterocycles. The second-order valence-electron chi connectivity index (χ2n) is 4.50. The maximum Gasteiger partial charge on any atom is 0.293 e. The highest BCUT2D eigenvalue weighted by Crippen LogP contribution is 2.19. The maximum absolute atomic E-state index is 11.8. The van der Waals surface area contributed by atoms with Crippen LogP contribution in [-0.2, 0) is 20.7 Å². The molecule has 96 valence electrons. The highest BCUT2D eigenvalue weighted by molar-refractivity contribution is 5.84. The van der Waals surface area contributed by atoms with E-state index in [1.165, 1.54) is 0 Å². The van der Waals surface area contributed by atoms with Gasteiger partial charge in [-0.2, -0.15) is 0 Å². The van der Waals surface area contributed by atoms with Gasteiger partial charge in [-0.25, -0.2) is 0 Å². The van der Waals surface area contributed by atoms with Crippen molar-refractivity contribution < 1.29 is 14.3 Å². The van der Waals surface area contributed by atoms with Crippen LogP contribution >= 0.6 is 0 Å². The first-order valence-corrected chi connectivity index (χ1v) is 6.17.